The summed E-state index contributed by atoms with van der Waals surface area (Å²) in [5, 5.41) is 0. The molecule has 1 aliphatic carbocycles. The van der Waals surface area contributed by atoms with E-state index in [0.717, 1.165) is 13.1 Å². The quantitative estimate of drug-likeness (QED) is 0.490. The molecule has 0 N–H and O–H groups in total. The van der Waals surface area contributed by atoms with Crippen molar-refractivity contribution in [1.82, 2.24) is 4.90 Å². The Balaban J connectivity index is 1.43. The summed E-state index contributed by atoms with van der Waals surface area (Å²) in [6.07, 6.45) is 2.53. The summed E-state index contributed by atoms with van der Waals surface area (Å²) in [4.78, 5) is 2.45. The first kappa shape index (κ1) is 18.0. The van der Waals surface area contributed by atoms with Crippen molar-refractivity contribution in [2.75, 3.05) is 13.6 Å². The molecule has 138 valence electrons. The van der Waals surface area contributed by atoms with E-state index in [9.17, 15) is 0 Å². The highest BCUT2D eigenvalue weighted by Gasteiger charge is 2.28. The normalized spacial score (nSPS) is 18.6. The fourth-order valence-electron chi connectivity index (χ4n) is 4.49. The van der Waals surface area contributed by atoms with Gasteiger partial charge in [-0.25, -0.2) is 0 Å². The number of nitrogens with zero attached hydrogens (tertiary/aromatic N) is 1. The Labute approximate surface area is 163 Å². The van der Waals surface area contributed by atoms with E-state index in [4.69, 9.17) is 0 Å². The number of rotatable bonds is 6. The molecule has 1 aliphatic rings. The Bertz CT molecular complexity index is 869. The maximum atomic E-state index is 2.45. The van der Waals surface area contributed by atoms with Crippen molar-refractivity contribution in [3.63, 3.8) is 0 Å². The van der Waals surface area contributed by atoms with Crippen LogP contribution in [0.25, 0.3) is 11.1 Å². The molecule has 2 atom stereocenters. The van der Waals surface area contributed by atoms with Crippen molar-refractivity contribution < 1.29 is 0 Å². The third kappa shape index (κ3) is 4.14. The minimum Gasteiger partial charge on any atom is -0.302 e. The van der Waals surface area contributed by atoms with Gasteiger partial charge in [0.1, 0.15) is 0 Å². The van der Waals surface area contributed by atoms with Gasteiger partial charge in [-0.1, -0.05) is 85.8 Å². The average molecular weight is 356 g/mol. The number of hydrogen-bond donors (Lipinski definition) is 0. The summed E-state index contributed by atoms with van der Waals surface area (Å²) < 4.78 is 0. The first-order chi connectivity index (χ1) is 13.2. The summed E-state index contributed by atoms with van der Waals surface area (Å²) in [6.45, 7) is 4.57. The molecule has 0 amide bonds. The summed E-state index contributed by atoms with van der Waals surface area (Å²) in [7, 11) is 2.24. The van der Waals surface area contributed by atoms with E-state index < -0.39 is 0 Å². The zero-order valence-corrected chi connectivity index (χ0v) is 16.4. The van der Waals surface area contributed by atoms with Crippen molar-refractivity contribution >= 4 is 0 Å². The fourth-order valence-corrected chi connectivity index (χ4v) is 4.49. The fraction of sp³-hybridized carbons (Fsp3) is 0.308. The van der Waals surface area contributed by atoms with Crippen molar-refractivity contribution in [2.45, 2.75) is 38.1 Å². The Morgan fingerprint density at radius 1 is 0.815 bits per heavy atom. The predicted molar refractivity (Wildman–Crippen MR) is 115 cm³/mol. The first-order valence-corrected chi connectivity index (χ1v) is 10.1. The van der Waals surface area contributed by atoms with Gasteiger partial charge in [0.05, 0.1) is 0 Å². The van der Waals surface area contributed by atoms with Gasteiger partial charge in [0.2, 0.25) is 0 Å². The number of fused-ring (bicyclic) bond motifs is 1. The second-order valence-corrected chi connectivity index (χ2v) is 8.06. The Kier molecular flexibility index (Phi) is 5.40. The van der Waals surface area contributed by atoms with Crippen LogP contribution in [0, 0.1) is 0 Å². The van der Waals surface area contributed by atoms with Gasteiger partial charge in [-0.2, -0.15) is 0 Å². The minimum atomic E-state index is 0.660. The molecule has 0 radical (unpaired) electrons. The molecular formula is C26H29N. The van der Waals surface area contributed by atoms with E-state index in [1.807, 2.05) is 0 Å². The van der Waals surface area contributed by atoms with Gasteiger partial charge in [-0.05, 0) is 66.1 Å². The Hall–Kier alpha value is -2.38. The average Bonchev–Trinajstić information content (AvgIpc) is 3.03. The SMILES string of the molecule is C[C@@H]1C[C@@H](CCN(C)Cc2ccccc2)c2ccc(-c3ccccc3)cc21. The highest BCUT2D eigenvalue weighted by molar-refractivity contribution is 5.65. The largest absolute Gasteiger partial charge is 0.302 e. The predicted octanol–water partition coefficient (Wildman–Crippen LogP) is 6.47. The Morgan fingerprint density at radius 2 is 1.52 bits per heavy atom. The van der Waals surface area contributed by atoms with E-state index in [2.05, 4.69) is 97.7 Å². The van der Waals surface area contributed by atoms with Gasteiger partial charge < -0.3 is 4.90 Å². The van der Waals surface area contributed by atoms with E-state index in [-0.39, 0.29) is 0 Å². The van der Waals surface area contributed by atoms with Gasteiger partial charge in [-0.3, -0.25) is 0 Å². The van der Waals surface area contributed by atoms with Crippen LogP contribution in [0.15, 0.2) is 78.9 Å². The van der Waals surface area contributed by atoms with Crippen LogP contribution in [0.1, 0.15) is 48.3 Å². The van der Waals surface area contributed by atoms with Crippen LogP contribution < -0.4 is 0 Å². The molecule has 0 saturated carbocycles. The Morgan fingerprint density at radius 3 is 2.26 bits per heavy atom. The van der Waals surface area contributed by atoms with Crippen LogP contribution in [0.5, 0.6) is 0 Å². The molecule has 3 aromatic rings. The summed E-state index contributed by atoms with van der Waals surface area (Å²) in [5.74, 6) is 1.35. The van der Waals surface area contributed by atoms with Gasteiger partial charge in [0.15, 0.2) is 0 Å². The topological polar surface area (TPSA) is 3.24 Å². The van der Waals surface area contributed by atoms with Gasteiger partial charge in [0, 0.05) is 6.54 Å². The molecular weight excluding hydrogens is 326 g/mol. The molecule has 0 unspecified atom stereocenters. The number of benzene rings is 3. The van der Waals surface area contributed by atoms with Crippen LogP contribution >= 0.6 is 0 Å². The molecule has 0 aromatic heterocycles. The lowest BCUT2D eigenvalue weighted by molar-refractivity contribution is 0.309. The molecule has 0 spiro atoms. The molecule has 3 aromatic carbocycles. The van der Waals surface area contributed by atoms with E-state index in [0.29, 0.717) is 11.8 Å². The highest BCUT2D eigenvalue weighted by atomic mass is 15.1. The third-order valence-electron chi connectivity index (χ3n) is 5.96. The minimum absolute atomic E-state index is 0.660. The third-order valence-corrected chi connectivity index (χ3v) is 5.96. The van der Waals surface area contributed by atoms with Crippen LogP contribution in [-0.2, 0) is 6.54 Å². The highest BCUT2D eigenvalue weighted by Crippen LogP contribution is 2.44. The van der Waals surface area contributed by atoms with Gasteiger partial charge >= 0.3 is 0 Å². The van der Waals surface area contributed by atoms with Crippen LogP contribution in [0.2, 0.25) is 0 Å². The lowest BCUT2D eigenvalue weighted by Gasteiger charge is -2.20. The van der Waals surface area contributed by atoms with Crippen molar-refractivity contribution in [3.8, 4) is 11.1 Å². The van der Waals surface area contributed by atoms with Crippen LogP contribution in [-0.4, -0.2) is 18.5 Å². The smallest absolute Gasteiger partial charge is 0.0230 e. The molecule has 1 nitrogen and oxygen atoms in total. The van der Waals surface area contributed by atoms with Crippen molar-refractivity contribution in [2.24, 2.45) is 0 Å². The lowest BCUT2D eigenvalue weighted by Crippen LogP contribution is -2.20. The maximum absolute atomic E-state index is 2.45. The molecule has 0 aliphatic heterocycles. The summed E-state index contributed by atoms with van der Waals surface area (Å²) >= 11 is 0. The summed E-state index contributed by atoms with van der Waals surface area (Å²) in [5.41, 5.74) is 7.21. The second kappa shape index (κ2) is 8.10. The monoisotopic (exact) mass is 355 g/mol. The van der Waals surface area contributed by atoms with Gasteiger partial charge in [-0.15, -0.1) is 0 Å². The summed E-state index contributed by atoms with van der Waals surface area (Å²) in [6, 6.07) is 28.7. The molecule has 0 saturated heterocycles. The lowest BCUT2D eigenvalue weighted by atomic mass is 9.95. The van der Waals surface area contributed by atoms with Crippen LogP contribution in [0.4, 0.5) is 0 Å². The van der Waals surface area contributed by atoms with Crippen LogP contribution in [0.3, 0.4) is 0 Å². The van der Waals surface area contributed by atoms with Crippen molar-refractivity contribution in [3.05, 3.63) is 95.6 Å². The molecule has 0 fully saturated rings. The van der Waals surface area contributed by atoms with E-state index in [1.165, 1.54) is 29.5 Å². The van der Waals surface area contributed by atoms with E-state index in [1.54, 1.807) is 11.1 Å². The van der Waals surface area contributed by atoms with E-state index >= 15 is 0 Å². The zero-order chi connectivity index (χ0) is 18.6. The second-order valence-electron chi connectivity index (χ2n) is 8.06. The molecule has 1 heteroatoms. The standard InChI is InChI=1S/C26H29N/c1-20-17-24(15-16-27(2)19-21-9-5-3-6-10-21)25-14-13-23(18-26(20)25)22-11-7-4-8-12-22/h3-14,18,20,24H,15-17,19H2,1-2H3/t20-,24-/m1/s1. The molecule has 27 heavy (non-hydrogen) atoms. The zero-order valence-electron chi connectivity index (χ0n) is 16.4. The molecule has 0 bridgehead atoms. The molecule has 4 rings (SSSR count). The maximum Gasteiger partial charge on any atom is 0.0230 e. The number of hydrogen-bond acceptors (Lipinski definition) is 1. The van der Waals surface area contributed by atoms with Crippen molar-refractivity contribution in [1.29, 1.82) is 0 Å². The van der Waals surface area contributed by atoms with Gasteiger partial charge in [0.25, 0.3) is 0 Å². The molecule has 0 heterocycles. The first-order valence-electron chi connectivity index (χ1n) is 10.1.